The first-order chi connectivity index (χ1) is 6.40. The van der Waals surface area contributed by atoms with Crippen molar-refractivity contribution in [2.24, 2.45) is 0 Å². The van der Waals surface area contributed by atoms with Crippen molar-refractivity contribution in [1.29, 1.82) is 0 Å². The van der Waals surface area contributed by atoms with Crippen molar-refractivity contribution in [3.8, 4) is 0 Å². The summed E-state index contributed by atoms with van der Waals surface area (Å²) in [5.41, 5.74) is 1.25. The van der Waals surface area contributed by atoms with Crippen molar-refractivity contribution >= 4 is 11.5 Å². The highest BCUT2D eigenvalue weighted by atomic mass is 15.1. The van der Waals surface area contributed by atoms with Crippen LogP contribution in [-0.4, -0.2) is 25.1 Å². The van der Waals surface area contributed by atoms with Gasteiger partial charge in [0.05, 0.1) is 11.9 Å². The molecule has 3 nitrogen and oxygen atoms in total. The van der Waals surface area contributed by atoms with Crippen molar-refractivity contribution in [2.45, 2.75) is 12.8 Å². The lowest BCUT2D eigenvalue weighted by atomic mass is 10.3. The van der Waals surface area contributed by atoms with E-state index in [0.29, 0.717) is 0 Å². The van der Waals surface area contributed by atoms with Gasteiger partial charge in [0.2, 0.25) is 0 Å². The second-order valence-corrected chi connectivity index (χ2v) is 3.35. The van der Waals surface area contributed by atoms with Gasteiger partial charge in [0.25, 0.3) is 0 Å². The molecule has 1 aliphatic rings. The van der Waals surface area contributed by atoms with Crippen LogP contribution in [0.3, 0.4) is 0 Å². The molecule has 1 aromatic rings. The molecular formula is C10H15N3. The molecule has 70 valence electrons. The van der Waals surface area contributed by atoms with Crippen LogP contribution in [0.15, 0.2) is 18.3 Å². The molecular weight excluding hydrogens is 162 g/mol. The highest BCUT2D eigenvalue weighted by molar-refractivity contribution is 5.49. The topological polar surface area (TPSA) is 28.2 Å². The maximum atomic E-state index is 4.29. The zero-order valence-corrected chi connectivity index (χ0v) is 7.95. The zero-order valence-electron chi connectivity index (χ0n) is 7.95. The van der Waals surface area contributed by atoms with E-state index in [0.717, 1.165) is 5.82 Å². The van der Waals surface area contributed by atoms with E-state index in [2.05, 4.69) is 21.3 Å². The van der Waals surface area contributed by atoms with Crippen molar-refractivity contribution in [2.75, 3.05) is 30.4 Å². The number of nitrogens with one attached hydrogen (secondary N) is 1. The first-order valence-electron chi connectivity index (χ1n) is 4.79. The molecule has 2 rings (SSSR count). The van der Waals surface area contributed by atoms with E-state index >= 15 is 0 Å². The Morgan fingerprint density at radius 2 is 2.08 bits per heavy atom. The second-order valence-electron chi connectivity index (χ2n) is 3.35. The largest absolute Gasteiger partial charge is 0.373 e. The zero-order chi connectivity index (χ0) is 9.10. The maximum absolute atomic E-state index is 4.29. The van der Waals surface area contributed by atoms with Crippen LogP contribution >= 0.6 is 0 Å². The Balaban J connectivity index is 2.12. The average Bonchev–Trinajstić information content (AvgIpc) is 2.71. The first-order valence-corrected chi connectivity index (χ1v) is 4.79. The van der Waals surface area contributed by atoms with E-state index < -0.39 is 0 Å². The molecule has 0 aromatic carbocycles. The number of pyridine rings is 1. The summed E-state index contributed by atoms with van der Waals surface area (Å²) in [4.78, 5) is 6.67. The van der Waals surface area contributed by atoms with Crippen molar-refractivity contribution < 1.29 is 0 Å². The number of rotatable bonds is 2. The van der Waals surface area contributed by atoms with Crippen LogP contribution in [-0.2, 0) is 0 Å². The summed E-state index contributed by atoms with van der Waals surface area (Å²) in [5.74, 6) is 0.933. The summed E-state index contributed by atoms with van der Waals surface area (Å²) >= 11 is 0. The Morgan fingerprint density at radius 3 is 2.62 bits per heavy atom. The Bertz CT molecular complexity index is 262. The minimum atomic E-state index is 0.933. The van der Waals surface area contributed by atoms with Gasteiger partial charge in [0.15, 0.2) is 0 Å². The van der Waals surface area contributed by atoms with Crippen LogP contribution in [0.4, 0.5) is 11.5 Å². The molecule has 3 heteroatoms. The fourth-order valence-corrected chi connectivity index (χ4v) is 1.70. The van der Waals surface area contributed by atoms with Crippen LogP contribution in [0.1, 0.15) is 12.8 Å². The third-order valence-corrected chi connectivity index (χ3v) is 2.48. The summed E-state index contributed by atoms with van der Waals surface area (Å²) in [6, 6.07) is 4.15. The van der Waals surface area contributed by atoms with E-state index in [1.54, 1.807) is 0 Å². The SMILES string of the molecule is CNc1ccc(N2CCCC2)cn1. The van der Waals surface area contributed by atoms with Crippen LogP contribution in [0.5, 0.6) is 0 Å². The number of hydrogen-bond acceptors (Lipinski definition) is 3. The number of hydrogen-bond donors (Lipinski definition) is 1. The lowest BCUT2D eigenvalue weighted by Gasteiger charge is -2.16. The van der Waals surface area contributed by atoms with Crippen molar-refractivity contribution in [3.05, 3.63) is 18.3 Å². The van der Waals surface area contributed by atoms with Gasteiger partial charge in [-0.05, 0) is 25.0 Å². The molecule has 1 fully saturated rings. The van der Waals surface area contributed by atoms with Gasteiger partial charge >= 0.3 is 0 Å². The quantitative estimate of drug-likeness (QED) is 0.745. The van der Waals surface area contributed by atoms with Gasteiger partial charge in [-0.1, -0.05) is 0 Å². The molecule has 0 aliphatic carbocycles. The lowest BCUT2D eigenvalue weighted by molar-refractivity contribution is 0.949. The molecule has 1 aliphatic heterocycles. The average molecular weight is 177 g/mol. The maximum Gasteiger partial charge on any atom is 0.125 e. The smallest absolute Gasteiger partial charge is 0.125 e. The Labute approximate surface area is 78.8 Å². The molecule has 1 aromatic heterocycles. The van der Waals surface area contributed by atoms with Crippen LogP contribution in [0, 0.1) is 0 Å². The van der Waals surface area contributed by atoms with Gasteiger partial charge in [-0.2, -0.15) is 0 Å². The first kappa shape index (κ1) is 8.35. The number of anilines is 2. The number of aromatic nitrogens is 1. The minimum Gasteiger partial charge on any atom is -0.373 e. The van der Waals surface area contributed by atoms with Crippen molar-refractivity contribution in [1.82, 2.24) is 4.98 Å². The van der Waals surface area contributed by atoms with Gasteiger partial charge in [-0.25, -0.2) is 4.98 Å². The van der Waals surface area contributed by atoms with E-state index in [-0.39, 0.29) is 0 Å². The fraction of sp³-hybridized carbons (Fsp3) is 0.500. The molecule has 0 spiro atoms. The van der Waals surface area contributed by atoms with Gasteiger partial charge < -0.3 is 10.2 Å². The molecule has 1 N–H and O–H groups in total. The van der Waals surface area contributed by atoms with E-state index in [1.165, 1.54) is 31.6 Å². The van der Waals surface area contributed by atoms with Crippen LogP contribution in [0.2, 0.25) is 0 Å². The van der Waals surface area contributed by atoms with Gasteiger partial charge in [-0.15, -0.1) is 0 Å². The number of nitrogens with zero attached hydrogens (tertiary/aromatic N) is 2. The molecule has 2 heterocycles. The van der Waals surface area contributed by atoms with E-state index in [4.69, 9.17) is 0 Å². The highest BCUT2D eigenvalue weighted by Crippen LogP contribution is 2.19. The Hall–Kier alpha value is -1.25. The summed E-state index contributed by atoms with van der Waals surface area (Å²) < 4.78 is 0. The highest BCUT2D eigenvalue weighted by Gasteiger charge is 2.11. The fourth-order valence-electron chi connectivity index (χ4n) is 1.70. The molecule has 1 saturated heterocycles. The summed E-state index contributed by atoms with van der Waals surface area (Å²) in [5, 5.41) is 3.02. The third-order valence-electron chi connectivity index (χ3n) is 2.48. The predicted molar refractivity (Wildman–Crippen MR) is 55.2 cm³/mol. The van der Waals surface area contributed by atoms with E-state index in [9.17, 15) is 0 Å². The molecule has 0 amide bonds. The third kappa shape index (κ3) is 1.74. The van der Waals surface area contributed by atoms with E-state index in [1.807, 2.05) is 19.3 Å². The van der Waals surface area contributed by atoms with Gasteiger partial charge in [0.1, 0.15) is 5.82 Å². The van der Waals surface area contributed by atoms with Gasteiger partial charge in [-0.3, -0.25) is 0 Å². The second kappa shape index (κ2) is 3.64. The molecule has 0 saturated carbocycles. The van der Waals surface area contributed by atoms with Crippen LogP contribution < -0.4 is 10.2 Å². The molecule has 0 unspecified atom stereocenters. The van der Waals surface area contributed by atoms with Gasteiger partial charge in [0, 0.05) is 20.1 Å². The summed E-state index contributed by atoms with van der Waals surface area (Å²) in [6.07, 6.45) is 4.57. The molecule has 0 bridgehead atoms. The minimum absolute atomic E-state index is 0.933. The standard InChI is InChI=1S/C10H15N3/c1-11-10-5-4-9(8-12-10)13-6-2-3-7-13/h4-5,8H,2-3,6-7H2,1H3,(H,11,12). The molecule has 13 heavy (non-hydrogen) atoms. The monoisotopic (exact) mass is 177 g/mol. The lowest BCUT2D eigenvalue weighted by Crippen LogP contribution is -2.17. The van der Waals surface area contributed by atoms with Crippen LogP contribution in [0.25, 0.3) is 0 Å². The summed E-state index contributed by atoms with van der Waals surface area (Å²) in [7, 11) is 1.89. The molecule has 0 atom stereocenters. The predicted octanol–water partition coefficient (Wildman–Crippen LogP) is 1.72. The molecule has 0 radical (unpaired) electrons. The van der Waals surface area contributed by atoms with Crippen molar-refractivity contribution in [3.63, 3.8) is 0 Å². The Kier molecular flexibility index (Phi) is 2.34. The summed E-state index contributed by atoms with van der Waals surface area (Å²) in [6.45, 7) is 2.36. The Morgan fingerprint density at radius 1 is 1.31 bits per heavy atom. The normalized spacial score (nSPS) is 16.2.